The number of carbonyl (C=O) groups excluding carboxylic acids is 2. The standard InChI is InChI=1S/C36H45BNO3/c1-5-26-7-8-27(21-30(20-26)36(15-16-36)14-11-24(3)34(40)6-2)29-22-33(37-23-29)32-10-9-28(19-25(32)4)35(41)38-17-12-31(39)13-18-38/h7-10,19-24,26,31,39H,5-6,11-18H2,1-4H3. The summed E-state index contributed by atoms with van der Waals surface area (Å²) in [5.74, 6) is 3.21. The summed E-state index contributed by atoms with van der Waals surface area (Å²) in [5.41, 5.74) is 8.26. The minimum absolute atomic E-state index is 0.0516. The molecule has 0 bridgehead atoms. The molecule has 4 nitrogen and oxygen atoms in total. The second-order valence-electron chi connectivity index (χ2n) is 12.6. The molecule has 1 aromatic rings. The van der Waals surface area contributed by atoms with Gasteiger partial charge in [-0.2, -0.15) is 0 Å². The van der Waals surface area contributed by atoms with Gasteiger partial charge in [-0.3, -0.25) is 9.59 Å². The number of ketones is 1. The van der Waals surface area contributed by atoms with Crippen LogP contribution in [0, 0.1) is 24.2 Å². The van der Waals surface area contributed by atoms with Crippen LogP contribution in [0.25, 0.3) is 5.47 Å². The Labute approximate surface area is 247 Å². The van der Waals surface area contributed by atoms with Crippen molar-refractivity contribution < 1.29 is 14.7 Å². The first-order chi connectivity index (χ1) is 19.7. The van der Waals surface area contributed by atoms with Gasteiger partial charge in [0.1, 0.15) is 5.78 Å². The number of hydrogen-bond donors (Lipinski definition) is 1. The van der Waals surface area contributed by atoms with E-state index in [2.05, 4.69) is 70.5 Å². The van der Waals surface area contributed by atoms with E-state index in [1.165, 1.54) is 35.0 Å². The molecule has 1 saturated carbocycles. The Morgan fingerprint density at radius 1 is 1.12 bits per heavy atom. The summed E-state index contributed by atoms with van der Waals surface area (Å²) < 4.78 is 0. The molecule has 2 unspecified atom stereocenters. The number of allylic oxidation sites excluding steroid dienone is 8. The topological polar surface area (TPSA) is 57.6 Å². The smallest absolute Gasteiger partial charge is 0.253 e. The first-order valence-electron chi connectivity index (χ1n) is 15.7. The maximum Gasteiger partial charge on any atom is 0.253 e. The molecular formula is C36H45BNO3. The number of piperidine rings is 1. The number of likely N-dealkylation sites (tertiary alicyclic amines) is 1. The lowest BCUT2D eigenvalue weighted by Gasteiger charge is -2.29. The highest BCUT2D eigenvalue weighted by Gasteiger charge is 2.45. The number of rotatable bonds is 10. The molecule has 2 fully saturated rings. The summed E-state index contributed by atoms with van der Waals surface area (Å²) in [4.78, 5) is 27.1. The van der Waals surface area contributed by atoms with Gasteiger partial charge in [-0.1, -0.05) is 62.7 Å². The molecule has 4 aliphatic rings. The summed E-state index contributed by atoms with van der Waals surface area (Å²) >= 11 is 0. The summed E-state index contributed by atoms with van der Waals surface area (Å²) in [6.07, 6.45) is 19.0. The molecule has 1 saturated heterocycles. The van der Waals surface area contributed by atoms with E-state index in [0.717, 1.165) is 30.4 Å². The number of aliphatic hydroxyl groups excluding tert-OH is 1. The van der Waals surface area contributed by atoms with Crippen molar-refractivity contribution in [3.63, 3.8) is 0 Å². The highest BCUT2D eigenvalue weighted by molar-refractivity contribution is 6.67. The van der Waals surface area contributed by atoms with Gasteiger partial charge in [0.25, 0.3) is 5.91 Å². The molecule has 0 aromatic heterocycles. The number of benzene rings is 1. The Balaban J connectivity index is 1.33. The van der Waals surface area contributed by atoms with Crippen LogP contribution in [-0.4, -0.2) is 48.2 Å². The zero-order chi connectivity index (χ0) is 29.1. The van der Waals surface area contributed by atoms with Gasteiger partial charge in [-0.25, -0.2) is 0 Å². The minimum Gasteiger partial charge on any atom is -0.393 e. The van der Waals surface area contributed by atoms with E-state index >= 15 is 0 Å². The highest BCUT2D eigenvalue weighted by Crippen LogP contribution is 2.57. The van der Waals surface area contributed by atoms with Crippen molar-refractivity contribution in [3.8, 4) is 0 Å². The van der Waals surface area contributed by atoms with E-state index in [1.807, 2.05) is 24.0 Å². The van der Waals surface area contributed by atoms with Gasteiger partial charge in [-0.15, -0.1) is 5.98 Å². The summed E-state index contributed by atoms with van der Waals surface area (Å²) in [6, 6.07) is 6.03. The third kappa shape index (κ3) is 6.61. The van der Waals surface area contributed by atoms with E-state index in [-0.39, 0.29) is 23.3 Å². The van der Waals surface area contributed by atoms with Crippen molar-refractivity contribution in [1.82, 2.24) is 4.90 Å². The normalized spacial score (nSPS) is 22.7. The van der Waals surface area contributed by atoms with Crippen LogP contribution in [0.2, 0.25) is 0 Å². The molecule has 0 spiro atoms. The average Bonchev–Trinajstić information content (AvgIpc) is 3.68. The Morgan fingerprint density at radius 2 is 1.88 bits per heavy atom. The SMILES string of the molecule is CCC(=O)C(C)CCC1(C2=CC(CC)C=CC(C3=C[B]C(c4ccc(C(=O)N5CCC(O)CC5)cc4C)=C3)=C2)CC1. The van der Waals surface area contributed by atoms with Crippen LogP contribution in [0.1, 0.15) is 93.6 Å². The first-order valence-corrected chi connectivity index (χ1v) is 15.7. The predicted molar refractivity (Wildman–Crippen MR) is 169 cm³/mol. The minimum atomic E-state index is -0.289. The molecule has 1 radical (unpaired) electrons. The van der Waals surface area contributed by atoms with Crippen LogP contribution in [-0.2, 0) is 4.79 Å². The lowest BCUT2D eigenvalue weighted by atomic mass is 9.69. The van der Waals surface area contributed by atoms with Gasteiger partial charge in [-0.05, 0) is 103 Å². The molecule has 1 amide bonds. The molecule has 5 rings (SSSR count). The third-order valence-corrected chi connectivity index (χ3v) is 9.74. The molecule has 2 atom stereocenters. The van der Waals surface area contributed by atoms with Crippen molar-refractivity contribution in [3.05, 3.63) is 88.0 Å². The maximum atomic E-state index is 13.1. The van der Waals surface area contributed by atoms with E-state index in [4.69, 9.17) is 0 Å². The quantitative estimate of drug-likeness (QED) is 0.315. The van der Waals surface area contributed by atoms with Crippen LogP contribution in [0.3, 0.4) is 0 Å². The lowest BCUT2D eigenvalue weighted by Crippen LogP contribution is -2.40. The fourth-order valence-corrected chi connectivity index (χ4v) is 6.54. The van der Waals surface area contributed by atoms with E-state index in [1.54, 1.807) is 0 Å². The van der Waals surface area contributed by atoms with Crippen LogP contribution < -0.4 is 0 Å². The van der Waals surface area contributed by atoms with Crippen LogP contribution in [0.5, 0.6) is 0 Å². The monoisotopic (exact) mass is 550 g/mol. The van der Waals surface area contributed by atoms with Crippen molar-refractivity contribution in [2.75, 3.05) is 13.1 Å². The number of aliphatic hydroxyl groups is 1. The second kappa shape index (κ2) is 12.5. The fraction of sp³-hybridized carbons (Fsp3) is 0.500. The van der Waals surface area contributed by atoms with Gasteiger partial charge >= 0.3 is 0 Å². The lowest BCUT2D eigenvalue weighted by molar-refractivity contribution is -0.122. The van der Waals surface area contributed by atoms with Crippen molar-refractivity contribution in [2.24, 2.45) is 17.3 Å². The van der Waals surface area contributed by atoms with Crippen LogP contribution in [0.15, 0.2) is 71.3 Å². The summed E-state index contributed by atoms with van der Waals surface area (Å²) in [5, 5.41) is 9.79. The molecule has 1 aromatic carbocycles. The second-order valence-corrected chi connectivity index (χ2v) is 12.6. The Kier molecular flexibility index (Phi) is 9.04. The molecule has 2 aliphatic carbocycles. The number of amides is 1. The molecule has 2 aliphatic heterocycles. The van der Waals surface area contributed by atoms with Gasteiger partial charge < -0.3 is 10.0 Å². The number of aryl methyl sites for hydroxylation is 1. The van der Waals surface area contributed by atoms with Gasteiger partial charge in [0.05, 0.1) is 6.10 Å². The summed E-state index contributed by atoms with van der Waals surface area (Å²) in [7, 11) is 2.19. The fourth-order valence-electron chi connectivity index (χ4n) is 6.54. The molecule has 1 N–H and O–H groups in total. The van der Waals surface area contributed by atoms with Crippen LogP contribution >= 0.6 is 0 Å². The number of nitrogens with zero attached hydrogens (tertiary/aromatic N) is 1. The van der Waals surface area contributed by atoms with E-state index in [0.29, 0.717) is 49.6 Å². The Morgan fingerprint density at radius 3 is 2.54 bits per heavy atom. The third-order valence-electron chi connectivity index (χ3n) is 9.74. The molecule has 2 heterocycles. The number of Topliss-reactive ketones (excluding diaryl/α,β-unsaturated/α-hetero) is 1. The number of hydrogen-bond acceptors (Lipinski definition) is 3. The summed E-state index contributed by atoms with van der Waals surface area (Å²) in [6.45, 7) is 9.62. The zero-order valence-corrected chi connectivity index (χ0v) is 25.3. The Hall–Kier alpha value is -2.92. The van der Waals surface area contributed by atoms with Gasteiger partial charge in [0.15, 0.2) is 7.28 Å². The highest BCUT2D eigenvalue weighted by atomic mass is 16.3. The number of carbonyl (C=O) groups is 2. The zero-order valence-electron chi connectivity index (χ0n) is 25.3. The molecule has 41 heavy (non-hydrogen) atoms. The van der Waals surface area contributed by atoms with Crippen molar-refractivity contribution in [1.29, 1.82) is 0 Å². The van der Waals surface area contributed by atoms with E-state index < -0.39 is 0 Å². The van der Waals surface area contributed by atoms with Crippen molar-refractivity contribution >= 4 is 24.4 Å². The molecular weight excluding hydrogens is 505 g/mol. The average molecular weight is 551 g/mol. The largest absolute Gasteiger partial charge is 0.393 e. The maximum absolute atomic E-state index is 13.1. The van der Waals surface area contributed by atoms with Crippen molar-refractivity contribution in [2.45, 2.75) is 85.2 Å². The van der Waals surface area contributed by atoms with E-state index in [9.17, 15) is 14.7 Å². The van der Waals surface area contributed by atoms with Gasteiger partial charge in [0, 0.05) is 31.0 Å². The van der Waals surface area contributed by atoms with Gasteiger partial charge in [0.2, 0.25) is 0 Å². The Bertz CT molecular complexity index is 1330. The first kappa shape index (κ1) is 29.6. The molecule has 5 heteroatoms. The predicted octanol–water partition coefficient (Wildman–Crippen LogP) is 7.16. The van der Waals surface area contributed by atoms with Crippen LogP contribution in [0.4, 0.5) is 0 Å². The molecule has 215 valence electrons.